The summed E-state index contributed by atoms with van der Waals surface area (Å²) in [6.45, 7) is 5.87. The van der Waals surface area contributed by atoms with Gasteiger partial charge in [0.1, 0.15) is 6.04 Å². The topological polar surface area (TPSA) is 70.2 Å². The van der Waals surface area contributed by atoms with Crippen LogP contribution in [0, 0.1) is 0 Å². The molecular weight excluding hydrogens is 532 g/mol. The Labute approximate surface area is 245 Å². The van der Waals surface area contributed by atoms with Gasteiger partial charge in [0.15, 0.2) is 0 Å². The highest BCUT2D eigenvalue weighted by Crippen LogP contribution is 2.41. The van der Waals surface area contributed by atoms with Crippen LogP contribution in [0.5, 0.6) is 0 Å². The number of halogens is 1. The maximum Gasteiger partial charge on any atom is 0.323 e. The predicted molar refractivity (Wildman–Crippen MR) is 167 cm³/mol. The second-order valence-corrected chi connectivity index (χ2v) is 11.5. The Morgan fingerprint density at radius 1 is 1.10 bits per heavy atom. The minimum atomic E-state index is -0.384. The Morgan fingerprint density at radius 3 is 2.68 bits per heavy atom. The molecule has 7 heteroatoms. The van der Waals surface area contributed by atoms with Gasteiger partial charge in [-0.05, 0) is 59.4 Å². The Kier molecular flexibility index (Phi) is 7.69. The van der Waals surface area contributed by atoms with Gasteiger partial charge in [-0.15, -0.1) is 0 Å². The van der Waals surface area contributed by atoms with E-state index in [0.29, 0.717) is 23.9 Å². The molecule has 3 aromatic carbocycles. The SMILES string of the molecule is COC(=O)[C@@H]1Cc2c([nH]c3ccccc23)[C@@H](c2ccc(C(C)C)cc2)N1CCCNc1ccnc2cc(Cl)ccc12. The zero-order valence-electron chi connectivity index (χ0n) is 23.7. The summed E-state index contributed by atoms with van der Waals surface area (Å²) in [5.41, 5.74) is 7.80. The number of esters is 1. The highest BCUT2D eigenvalue weighted by molar-refractivity contribution is 6.31. The Bertz CT molecular complexity index is 1690. The fourth-order valence-electron chi connectivity index (χ4n) is 6.15. The molecule has 41 heavy (non-hydrogen) atoms. The molecule has 0 fully saturated rings. The largest absolute Gasteiger partial charge is 0.468 e. The number of rotatable bonds is 8. The normalized spacial score (nSPS) is 17.2. The molecule has 6 nitrogen and oxygen atoms in total. The van der Waals surface area contributed by atoms with Crippen molar-refractivity contribution < 1.29 is 9.53 Å². The van der Waals surface area contributed by atoms with E-state index in [2.05, 4.69) is 82.6 Å². The van der Waals surface area contributed by atoms with Crippen molar-refractivity contribution in [1.82, 2.24) is 14.9 Å². The Hall–Kier alpha value is -3.87. The van der Waals surface area contributed by atoms with Gasteiger partial charge in [-0.25, -0.2) is 0 Å². The summed E-state index contributed by atoms with van der Waals surface area (Å²) in [6.07, 6.45) is 3.24. The van der Waals surface area contributed by atoms with Crippen molar-refractivity contribution in [2.45, 2.75) is 44.7 Å². The number of hydrogen-bond acceptors (Lipinski definition) is 5. The number of ether oxygens (including phenoxy) is 1. The average Bonchev–Trinajstić information content (AvgIpc) is 3.36. The summed E-state index contributed by atoms with van der Waals surface area (Å²) in [5, 5.41) is 6.47. The number of aromatic nitrogens is 2. The van der Waals surface area contributed by atoms with Crippen molar-refractivity contribution in [3.05, 3.63) is 106 Å². The van der Waals surface area contributed by atoms with Crippen molar-refractivity contribution in [1.29, 1.82) is 0 Å². The predicted octanol–water partition coefficient (Wildman–Crippen LogP) is 7.48. The van der Waals surface area contributed by atoms with Crippen molar-refractivity contribution >= 4 is 45.1 Å². The lowest BCUT2D eigenvalue weighted by molar-refractivity contribution is -0.148. The zero-order chi connectivity index (χ0) is 28.5. The van der Waals surface area contributed by atoms with Crippen LogP contribution in [0.4, 0.5) is 5.69 Å². The number of carbonyl (C=O) groups is 1. The van der Waals surface area contributed by atoms with E-state index in [9.17, 15) is 4.79 Å². The molecule has 6 rings (SSSR count). The van der Waals surface area contributed by atoms with E-state index in [0.717, 1.165) is 40.8 Å². The van der Waals surface area contributed by atoms with Crippen molar-refractivity contribution in [3.63, 3.8) is 0 Å². The third kappa shape index (κ3) is 5.30. The van der Waals surface area contributed by atoms with Gasteiger partial charge in [-0.1, -0.05) is 67.9 Å². The van der Waals surface area contributed by atoms with Gasteiger partial charge in [0, 0.05) is 58.4 Å². The summed E-state index contributed by atoms with van der Waals surface area (Å²) in [4.78, 5) is 23.8. The second kappa shape index (κ2) is 11.6. The number of benzene rings is 3. The minimum Gasteiger partial charge on any atom is -0.468 e. The van der Waals surface area contributed by atoms with E-state index >= 15 is 0 Å². The van der Waals surface area contributed by atoms with Crippen molar-refractivity contribution in [3.8, 4) is 0 Å². The van der Waals surface area contributed by atoms with E-state index < -0.39 is 0 Å². The quantitative estimate of drug-likeness (QED) is 0.150. The van der Waals surface area contributed by atoms with E-state index in [-0.39, 0.29) is 18.1 Å². The molecule has 0 amide bonds. The number of methoxy groups -OCH3 is 1. The summed E-state index contributed by atoms with van der Waals surface area (Å²) >= 11 is 6.18. The minimum absolute atomic E-state index is 0.0969. The van der Waals surface area contributed by atoms with Gasteiger partial charge in [-0.2, -0.15) is 0 Å². The number of anilines is 1. The first-order valence-electron chi connectivity index (χ1n) is 14.3. The number of hydrogen-bond donors (Lipinski definition) is 2. The number of para-hydroxylation sites is 1. The number of H-pyrrole nitrogens is 1. The first kappa shape index (κ1) is 27.3. The van der Waals surface area contributed by atoms with Crippen LogP contribution in [0.15, 0.2) is 79.0 Å². The molecule has 1 aliphatic rings. The number of nitrogens with zero attached hydrogens (tertiary/aromatic N) is 2. The summed E-state index contributed by atoms with van der Waals surface area (Å²) in [6, 6.07) is 24.5. The van der Waals surface area contributed by atoms with Gasteiger partial charge in [0.05, 0.1) is 18.7 Å². The van der Waals surface area contributed by atoms with Crippen LogP contribution in [0.1, 0.15) is 54.6 Å². The lowest BCUT2D eigenvalue weighted by Gasteiger charge is -2.41. The molecule has 3 heterocycles. The number of pyridine rings is 1. The van der Waals surface area contributed by atoms with Crippen molar-refractivity contribution in [2.75, 3.05) is 25.5 Å². The van der Waals surface area contributed by atoms with Crippen LogP contribution in [0.2, 0.25) is 5.02 Å². The summed E-state index contributed by atoms with van der Waals surface area (Å²) < 4.78 is 5.37. The van der Waals surface area contributed by atoms with Gasteiger partial charge in [0.2, 0.25) is 0 Å². The smallest absolute Gasteiger partial charge is 0.323 e. The van der Waals surface area contributed by atoms with Crippen LogP contribution >= 0.6 is 11.6 Å². The molecule has 0 spiro atoms. The molecule has 0 saturated heterocycles. The molecule has 5 aromatic rings. The molecule has 2 aromatic heterocycles. The standard InChI is InChI=1S/C34H35ClN4O2/c1-21(2)22-9-11-23(12-10-22)33-32-27(25-7-4-5-8-29(25)38-32)20-31(34(40)41-3)39(33)18-6-16-36-28-15-17-37-30-19-24(35)13-14-26(28)30/h4-5,7-15,17,19,21,31,33,38H,6,16,18,20H2,1-3H3,(H,36,37)/t31-,33+/m0/s1. The third-order valence-electron chi connectivity index (χ3n) is 8.25. The molecular formula is C34H35ClN4O2. The molecule has 2 atom stereocenters. The summed E-state index contributed by atoms with van der Waals surface area (Å²) in [5.74, 6) is 0.249. The van der Waals surface area contributed by atoms with Crippen LogP contribution in [-0.4, -0.2) is 47.1 Å². The monoisotopic (exact) mass is 566 g/mol. The first-order valence-corrected chi connectivity index (χ1v) is 14.6. The number of carbonyl (C=O) groups excluding carboxylic acids is 1. The first-order chi connectivity index (χ1) is 19.9. The fraction of sp³-hybridized carbons (Fsp3) is 0.294. The maximum absolute atomic E-state index is 13.3. The zero-order valence-corrected chi connectivity index (χ0v) is 24.4. The van der Waals surface area contributed by atoms with Gasteiger partial charge >= 0.3 is 5.97 Å². The van der Waals surface area contributed by atoms with E-state index in [4.69, 9.17) is 16.3 Å². The molecule has 0 radical (unpaired) electrons. The number of aromatic amines is 1. The van der Waals surface area contributed by atoms with Gasteiger partial charge in [0.25, 0.3) is 0 Å². The average molecular weight is 567 g/mol. The third-order valence-corrected chi connectivity index (χ3v) is 8.49. The molecule has 1 aliphatic heterocycles. The van der Waals surface area contributed by atoms with Gasteiger partial charge in [-0.3, -0.25) is 14.7 Å². The van der Waals surface area contributed by atoms with Crippen LogP contribution < -0.4 is 5.32 Å². The van der Waals surface area contributed by atoms with Crippen LogP contribution in [0.3, 0.4) is 0 Å². The molecule has 0 saturated carbocycles. The van der Waals surface area contributed by atoms with E-state index in [1.54, 1.807) is 6.20 Å². The highest BCUT2D eigenvalue weighted by atomic mass is 35.5. The van der Waals surface area contributed by atoms with E-state index in [1.165, 1.54) is 29.2 Å². The van der Waals surface area contributed by atoms with Crippen molar-refractivity contribution in [2.24, 2.45) is 0 Å². The number of fused-ring (bicyclic) bond motifs is 4. The number of nitrogens with one attached hydrogen (secondary N) is 2. The molecule has 0 aliphatic carbocycles. The lowest BCUT2D eigenvalue weighted by atomic mass is 9.87. The molecule has 0 bridgehead atoms. The lowest BCUT2D eigenvalue weighted by Crippen LogP contribution is -2.49. The maximum atomic E-state index is 13.3. The van der Waals surface area contributed by atoms with E-state index in [1.807, 2.05) is 24.3 Å². The molecule has 210 valence electrons. The fourth-order valence-corrected chi connectivity index (χ4v) is 6.32. The summed E-state index contributed by atoms with van der Waals surface area (Å²) in [7, 11) is 1.49. The molecule has 0 unspecified atom stereocenters. The van der Waals surface area contributed by atoms with Crippen LogP contribution in [-0.2, 0) is 16.0 Å². The van der Waals surface area contributed by atoms with Crippen LogP contribution in [0.25, 0.3) is 21.8 Å². The highest BCUT2D eigenvalue weighted by Gasteiger charge is 2.41. The molecule has 2 N–H and O–H groups in total. The Morgan fingerprint density at radius 2 is 1.90 bits per heavy atom. The second-order valence-electron chi connectivity index (χ2n) is 11.1. The van der Waals surface area contributed by atoms with Gasteiger partial charge < -0.3 is 15.0 Å². The Balaban J connectivity index is 1.32.